The monoisotopic (exact) mass is 496 g/mol. The SMILES string of the molecule is NCc1cccc(NC(C(=O)Nc2ccc(N3CCCCC3=O)c(C(F)(F)F)c2)c2ccccc2)c1. The van der Waals surface area contributed by atoms with E-state index >= 15 is 0 Å². The van der Waals surface area contributed by atoms with Gasteiger partial charge in [0.25, 0.3) is 5.91 Å². The Kier molecular flexibility index (Phi) is 7.59. The summed E-state index contributed by atoms with van der Waals surface area (Å²) in [6, 6.07) is 18.8. The van der Waals surface area contributed by atoms with Crippen molar-refractivity contribution in [2.75, 3.05) is 22.1 Å². The van der Waals surface area contributed by atoms with Gasteiger partial charge in [-0.05, 0) is 54.3 Å². The van der Waals surface area contributed by atoms with Crippen molar-refractivity contribution in [1.29, 1.82) is 0 Å². The van der Waals surface area contributed by atoms with Gasteiger partial charge in [-0.15, -0.1) is 0 Å². The van der Waals surface area contributed by atoms with Gasteiger partial charge < -0.3 is 21.3 Å². The van der Waals surface area contributed by atoms with E-state index in [4.69, 9.17) is 5.73 Å². The van der Waals surface area contributed by atoms with Crippen molar-refractivity contribution in [2.24, 2.45) is 5.73 Å². The number of hydrogen-bond acceptors (Lipinski definition) is 4. The zero-order valence-corrected chi connectivity index (χ0v) is 19.5. The molecule has 3 aromatic carbocycles. The van der Waals surface area contributed by atoms with Crippen LogP contribution in [0.5, 0.6) is 0 Å². The third-order valence-electron chi connectivity index (χ3n) is 6.05. The highest BCUT2D eigenvalue weighted by Gasteiger charge is 2.37. The van der Waals surface area contributed by atoms with Gasteiger partial charge in [0.1, 0.15) is 6.04 Å². The fraction of sp³-hybridized carbons (Fsp3) is 0.259. The highest BCUT2D eigenvalue weighted by atomic mass is 19.4. The lowest BCUT2D eigenvalue weighted by molar-refractivity contribution is -0.137. The van der Waals surface area contributed by atoms with Crippen molar-refractivity contribution >= 4 is 28.9 Å². The van der Waals surface area contributed by atoms with Crippen molar-refractivity contribution in [1.82, 2.24) is 0 Å². The Morgan fingerprint density at radius 3 is 2.44 bits per heavy atom. The number of rotatable bonds is 7. The van der Waals surface area contributed by atoms with Gasteiger partial charge in [-0.1, -0.05) is 42.5 Å². The van der Waals surface area contributed by atoms with Gasteiger partial charge in [-0.25, -0.2) is 0 Å². The second-order valence-corrected chi connectivity index (χ2v) is 8.61. The largest absolute Gasteiger partial charge is 0.418 e. The molecule has 1 atom stereocenters. The minimum absolute atomic E-state index is 0.0148. The quantitative estimate of drug-likeness (QED) is 0.405. The fourth-order valence-corrected chi connectivity index (χ4v) is 4.25. The Labute approximate surface area is 207 Å². The zero-order valence-electron chi connectivity index (χ0n) is 19.5. The van der Waals surface area contributed by atoms with E-state index in [-0.39, 0.29) is 30.2 Å². The van der Waals surface area contributed by atoms with E-state index in [0.717, 1.165) is 11.6 Å². The summed E-state index contributed by atoms with van der Waals surface area (Å²) in [5.41, 5.74) is 6.71. The molecule has 1 heterocycles. The van der Waals surface area contributed by atoms with E-state index in [0.29, 0.717) is 30.6 Å². The summed E-state index contributed by atoms with van der Waals surface area (Å²) in [7, 11) is 0. The number of piperidine rings is 1. The summed E-state index contributed by atoms with van der Waals surface area (Å²) in [6.07, 6.45) is -3.19. The number of nitrogens with two attached hydrogens (primary N) is 1. The number of alkyl halides is 3. The maximum Gasteiger partial charge on any atom is 0.418 e. The molecule has 1 aliphatic rings. The number of benzene rings is 3. The predicted molar refractivity (Wildman–Crippen MR) is 133 cm³/mol. The summed E-state index contributed by atoms with van der Waals surface area (Å²) in [6.45, 7) is 0.555. The second kappa shape index (κ2) is 10.8. The zero-order chi connectivity index (χ0) is 25.7. The molecule has 2 amide bonds. The average Bonchev–Trinajstić information content (AvgIpc) is 2.88. The molecule has 1 saturated heterocycles. The van der Waals surface area contributed by atoms with Crippen LogP contribution in [0.15, 0.2) is 72.8 Å². The third-order valence-corrected chi connectivity index (χ3v) is 6.05. The Morgan fingerprint density at radius 1 is 0.972 bits per heavy atom. The number of amides is 2. The van der Waals surface area contributed by atoms with Crippen molar-refractivity contribution in [3.8, 4) is 0 Å². The van der Waals surface area contributed by atoms with Crippen molar-refractivity contribution < 1.29 is 22.8 Å². The van der Waals surface area contributed by atoms with Gasteiger partial charge >= 0.3 is 6.18 Å². The van der Waals surface area contributed by atoms with Crippen LogP contribution < -0.4 is 21.3 Å². The lowest BCUT2D eigenvalue weighted by atomic mass is 10.0. The van der Waals surface area contributed by atoms with Crippen LogP contribution in [-0.4, -0.2) is 18.4 Å². The smallest absolute Gasteiger partial charge is 0.370 e. The molecule has 0 spiro atoms. The minimum atomic E-state index is -4.70. The molecular formula is C27H27F3N4O2. The Hall–Kier alpha value is -3.85. The molecule has 4 rings (SSSR count). The molecule has 9 heteroatoms. The molecule has 6 nitrogen and oxygen atoms in total. The molecule has 0 saturated carbocycles. The number of halogens is 3. The van der Waals surface area contributed by atoms with Crippen molar-refractivity contribution in [2.45, 2.75) is 38.0 Å². The highest BCUT2D eigenvalue weighted by Crippen LogP contribution is 2.39. The molecule has 0 aromatic heterocycles. The maximum atomic E-state index is 14.0. The van der Waals surface area contributed by atoms with Crippen LogP contribution in [0, 0.1) is 0 Å². The highest BCUT2D eigenvalue weighted by molar-refractivity contribution is 5.99. The van der Waals surface area contributed by atoms with Crippen LogP contribution in [0.25, 0.3) is 0 Å². The number of nitrogens with one attached hydrogen (secondary N) is 2. The number of carbonyl (C=O) groups is 2. The normalized spacial score (nSPS) is 14.9. The average molecular weight is 497 g/mol. The van der Waals surface area contributed by atoms with Crippen LogP contribution in [-0.2, 0) is 22.3 Å². The van der Waals surface area contributed by atoms with Gasteiger partial charge in [0, 0.05) is 30.9 Å². The Bertz CT molecular complexity index is 1230. The molecule has 0 bridgehead atoms. The Balaban J connectivity index is 1.63. The number of nitrogens with zero attached hydrogens (tertiary/aromatic N) is 1. The van der Waals surface area contributed by atoms with Gasteiger partial charge in [0.05, 0.1) is 11.3 Å². The lowest BCUT2D eigenvalue weighted by Gasteiger charge is -2.29. The summed E-state index contributed by atoms with van der Waals surface area (Å²) in [5.74, 6) is -0.870. The minimum Gasteiger partial charge on any atom is -0.370 e. The Morgan fingerprint density at radius 2 is 1.75 bits per heavy atom. The number of hydrogen-bond donors (Lipinski definition) is 3. The number of anilines is 3. The molecule has 0 radical (unpaired) electrons. The van der Waals surface area contributed by atoms with E-state index in [1.54, 1.807) is 36.4 Å². The van der Waals surface area contributed by atoms with E-state index in [9.17, 15) is 22.8 Å². The first kappa shape index (κ1) is 25.2. The summed E-state index contributed by atoms with van der Waals surface area (Å²) < 4.78 is 41.9. The first-order valence-electron chi connectivity index (χ1n) is 11.7. The molecule has 3 aromatic rings. The van der Waals surface area contributed by atoms with Crippen LogP contribution in [0.4, 0.5) is 30.2 Å². The van der Waals surface area contributed by atoms with E-state index in [2.05, 4.69) is 10.6 Å². The molecule has 1 unspecified atom stereocenters. The molecular weight excluding hydrogens is 469 g/mol. The molecule has 4 N–H and O–H groups in total. The first-order chi connectivity index (χ1) is 17.3. The summed E-state index contributed by atoms with van der Waals surface area (Å²) in [4.78, 5) is 26.8. The van der Waals surface area contributed by atoms with Crippen molar-refractivity contribution in [3.05, 3.63) is 89.5 Å². The molecule has 1 aliphatic heterocycles. The molecule has 188 valence electrons. The number of carbonyl (C=O) groups excluding carboxylic acids is 2. The summed E-state index contributed by atoms with van der Waals surface area (Å²) >= 11 is 0. The molecule has 0 aliphatic carbocycles. The van der Waals surface area contributed by atoms with Crippen LogP contribution in [0.3, 0.4) is 0 Å². The van der Waals surface area contributed by atoms with E-state index in [1.807, 2.05) is 18.2 Å². The topological polar surface area (TPSA) is 87.5 Å². The third kappa shape index (κ3) is 5.85. The van der Waals surface area contributed by atoms with E-state index in [1.165, 1.54) is 17.0 Å². The van der Waals surface area contributed by atoms with Gasteiger partial charge in [0.15, 0.2) is 0 Å². The van der Waals surface area contributed by atoms with Gasteiger partial charge in [-0.3, -0.25) is 9.59 Å². The molecule has 1 fully saturated rings. The van der Waals surface area contributed by atoms with Crippen LogP contribution in [0.2, 0.25) is 0 Å². The second-order valence-electron chi connectivity index (χ2n) is 8.61. The standard InChI is InChI=1S/C27H27F3N4O2/c28-27(29,30)22-16-21(12-13-23(22)34-14-5-4-11-24(34)35)33-26(36)25(19-8-2-1-3-9-19)32-20-10-6-7-18(15-20)17-31/h1-3,6-10,12-13,15-16,25,32H,4-5,11,14,17,31H2,(H,33,36). The fourth-order valence-electron chi connectivity index (χ4n) is 4.25. The maximum absolute atomic E-state index is 14.0. The van der Waals surface area contributed by atoms with Gasteiger partial charge in [-0.2, -0.15) is 13.2 Å². The van der Waals surface area contributed by atoms with Crippen molar-refractivity contribution in [3.63, 3.8) is 0 Å². The van der Waals surface area contributed by atoms with Gasteiger partial charge in [0.2, 0.25) is 5.91 Å². The van der Waals surface area contributed by atoms with Crippen LogP contribution in [0.1, 0.15) is 42.0 Å². The predicted octanol–water partition coefficient (Wildman–Crippen LogP) is 5.47. The molecule has 36 heavy (non-hydrogen) atoms. The first-order valence-corrected chi connectivity index (χ1v) is 11.7. The van der Waals surface area contributed by atoms with Crippen LogP contribution >= 0.6 is 0 Å². The van der Waals surface area contributed by atoms with E-state index < -0.39 is 23.7 Å². The summed E-state index contributed by atoms with van der Waals surface area (Å²) in [5, 5.41) is 5.77. The lowest BCUT2D eigenvalue weighted by Crippen LogP contribution is -2.36.